The van der Waals surface area contributed by atoms with Crippen LogP contribution in [0, 0.1) is 0 Å². The number of nitrogens with one attached hydrogen (secondary N) is 1. The van der Waals surface area contributed by atoms with Gasteiger partial charge in [-0.1, -0.05) is 117 Å². The topological polar surface area (TPSA) is 12.0 Å². The van der Waals surface area contributed by atoms with E-state index in [1.807, 2.05) is 0 Å². The maximum atomic E-state index is 4.18. The lowest BCUT2D eigenvalue weighted by molar-refractivity contribution is 0.548. The Morgan fingerprint density at radius 3 is 1.38 bits per heavy atom. The quantitative estimate of drug-likeness (QED) is 0.221. The van der Waals surface area contributed by atoms with Gasteiger partial charge in [-0.3, -0.25) is 0 Å². The van der Waals surface area contributed by atoms with Gasteiger partial charge in [-0.05, 0) is 19.3 Å². The van der Waals surface area contributed by atoms with E-state index < -0.39 is 0 Å². The molecule has 0 aromatic heterocycles. The Labute approximate surface area is 154 Å². The summed E-state index contributed by atoms with van der Waals surface area (Å²) in [6.07, 6.45) is 25.0. The molecule has 144 valence electrons. The first-order chi connectivity index (χ1) is 11.8. The molecule has 0 amide bonds. The van der Waals surface area contributed by atoms with E-state index in [0.717, 1.165) is 6.54 Å². The van der Waals surface area contributed by atoms with Gasteiger partial charge in [0.2, 0.25) is 0 Å². The van der Waals surface area contributed by atoms with Gasteiger partial charge < -0.3 is 5.32 Å². The van der Waals surface area contributed by atoms with Crippen LogP contribution in [-0.2, 0) is 0 Å². The minimum atomic E-state index is 1.13. The van der Waals surface area contributed by atoms with E-state index in [2.05, 4.69) is 25.7 Å². The highest BCUT2D eigenvalue weighted by molar-refractivity contribution is 4.90. The molecule has 0 aliphatic rings. The average Bonchev–Trinajstić information content (AvgIpc) is 2.59. The van der Waals surface area contributed by atoms with E-state index in [4.69, 9.17) is 0 Å². The van der Waals surface area contributed by atoms with Crippen molar-refractivity contribution in [2.75, 3.05) is 6.54 Å². The number of hydrogen-bond donors (Lipinski definition) is 1. The van der Waals surface area contributed by atoms with Gasteiger partial charge in [0.25, 0.3) is 0 Å². The molecular weight excluding hydrogens is 290 g/mol. The predicted molar refractivity (Wildman–Crippen MR) is 112 cm³/mol. The Bertz CT molecular complexity index is 246. The summed E-state index contributed by atoms with van der Waals surface area (Å²) in [6.45, 7) is 9.88. The zero-order valence-electron chi connectivity index (χ0n) is 17.1. The highest BCUT2D eigenvalue weighted by atomic mass is 14.9. The van der Waals surface area contributed by atoms with Crippen LogP contribution in [0.25, 0.3) is 0 Å². The van der Waals surface area contributed by atoms with Crippen molar-refractivity contribution in [3.63, 3.8) is 0 Å². The van der Waals surface area contributed by atoms with Crippen LogP contribution in [-0.4, -0.2) is 6.54 Å². The van der Waals surface area contributed by atoms with E-state index >= 15 is 0 Å². The third kappa shape index (κ3) is 19.6. The maximum absolute atomic E-state index is 4.18. The molecule has 0 bridgehead atoms. The minimum absolute atomic E-state index is 1.13. The summed E-state index contributed by atoms with van der Waals surface area (Å²) in [6, 6.07) is 0. The zero-order chi connectivity index (χ0) is 17.7. The maximum Gasteiger partial charge on any atom is 0.0143 e. The summed E-state index contributed by atoms with van der Waals surface area (Å²) in [4.78, 5) is 0. The van der Waals surface area contributed by atoms with Crippen LogP contribution >= 0.6 is 0 Å². The molecule has 1 N–H and O–H groups in total. The Hall–Kier alpha value is -0.460. The van der Waals surface area contributed by atoms with Crippen molar-refractivity contribution >= 4 is 0 Å². The number of allylic oxidation sites excluding steroid dienone is 1. The van der Waals surface area contributed by atoms with E-state index in [1.165, 1.54) is 121 Å². The summed E-state index contributed by atoms with van der Waals surface area (Å²) in [5.41, 5.74) is 1.26. The normalized spacial score (nSPS) is 10.9. The van der Waals surface area contributed by atoms with Gasteiger partial charge >= 0.3 is 0 Å². The van der Waals surface area contributed by atoms with E-state index in [1.54, 1.807) is 0 Å². The second kappa shape index (κ2) is 20.6. The van der Waals surface area contributed by atoms with Crippen LogP contribution < -0.4 is 5.32 Å². The van der Waals surface area contributed by atoms with Crippen molar-refractivity contribution in [2.45, 2.75) is 129 Å². The fourth-order valence-corrected chi connectivity index (χ4v) is 3.26. The summed E-state index contributed by atoms with van der Waals surface area (Å²) >= 11 is 0. The fraction of sp³-hybridized carbons (Fsp3) is 0.913. The minimum Gasteiger partial charge on any atom is -0.389 e. The molecule has 0 rings (SSSR count). The molecule has 0 heterocycles. The van der Waals surface area contributed by atoms with Gasteiger partial charge in [-0.25, -0.2) is 0 Å². The number of rotatable bonds is 20. The second-order valence-corrected chi connectivity index (χ2v) is 7.58. The van der Waals surface area contributed by atoms with Crippen LogP contribution in [0.1, 0.15) is 129 Å². The molecule has 0 unspecified atom stereocenters. The third-order valence-corrected chi connectivity index (χ3v) is 4.99. The molecule has 1 nitrogen and oxygen atoms in total. The molecule has 0 saturated heterocycles. The lowest BCUT2D eigenvalue weighted by Gasteiger charge is -2.09. The summed E-state index contributed by atoms with van der Waals surface area (Å²) in [7, 11) is 0. The SMILES string of the molecule is C=C(CCCCCCCCCCCC)NCCCCCCCCC. The van der Waals surface area contributed by atoms with Gasteiger partial charge in [0, 0.05) is 12.2 Å². The first-order valence-corrected chi connectivity index (χ1v) is 11.2. The van der Waals surface area contributed by atoms with E-state index in [9.17, 15) is 0 Å². The molecule has 0 atom stereocenters. The smallest absolute Gasteiger partial charge is 0.0143 e. The van der Waals surface area contributed by atoms with Crippen molar-refractivity contribution in [1.29, 1.82) is 0 Å². The molecular formula is C23H47N. The molecule has 0 aromatic carbocycles. The molecule has 0 aliphatic heterocycles. The van der Waals surface area contributed by atoms with Crippen molar-refractivity contribution in [2.24, 2.45) is 0 Å². The summed E-state index contributed by atoms with van der Waals surface area (Å²) in [5.74, 6) is 0. The first-order valence-electron chi connectivity index (χ1n) is 11.2. The number of hydrogen-bond acceptors (Lipinski definition) is 1. The Kier molecular flexibility index (Phi) is 20.2. The molecule has 0 spiro atoms. The highest BCUT2D eigenvalue weighted by Gasteiger charge is 1.96. The Balaban J connectivity index is 3.13. The summed E-state index contributed by atoms with van der Waals surface area (Å²) < 4.78 is 0. The van der Waals surface area contributed by atoms with Crippen LogP contribution in [0.15, 0.2) is 12.3 Å². The van der Waals surface area contributed by atoms with E-state index in [0.29, 0.717) is 0 Å². The largest absolute Gasteiger partial charge is 0.389 e. The van der Waals surface area contributed by atoms with Crippen molar-refractivity contribution < 1.29 is 0 Å². The molecule has 0 aliphatic carbocycles. The highest BCUT2D eigenvalue weighted by Crippen LogP contribution is 2.12. The first kappa shape index (κ1) is 23.5. The predicted octanol–water partition coefficient (Wildman–Crippen LogP) is 8.15. The van der Waals surface area contributed by atoms with Crippen LogP contribution in [0.4, 0.5) is 0 Å². The van der Waals surface area contributed by atoms with Crippen LogP contribution in [0.2, 0.25) is 0 Å². The second-order valence-electron chi connectivity index (χ2n) is 7.58. The van der Waals surface area contributed by atoms with Gasteiger partial charge in [0.15, 0.2) is 0 Å². The van der Waals surface area contributed by atoms with E-state index in [-0.39, 0.29) is 0 Å². The lowest BCUT2D eigenvalue weighted by Crippen LogP contribution is -2.13. The monoisotopic (exact) mass is 337 g/mol. The van der Waals surface area contributed by atoms with Crippen molar-refractivity contribution in [3.8, 4) is 0 Å². The van der Waals surface area contributed by atoms with Gasteiger partial charge in [0.05, 0.1) is 0 Å². The Morgan fingerprint density at radius 2 is 0.917 bits per heavy atom. The molecule has 24 heavy (non-hydrogen) atoms. The molecule has 0 aromatic rings. The van der Waals surface area contributed by atoms with Gasteiger partial charge in [0.1, 0.15) is 0 Å². The molecule has 0 saturated carbocycles. The Morgan fingerprint density at radius 1 is 0.542 bits per heavy atom. The van der Waals surface area contributed by atoms with Crippen molar-refractivity contribution in [3.05, 3.63) is 12.3 Å². The zero-order valence-corrected chi connectivity index (χ0v) is 17.1. The third-order valence-electron chi connectivity index (χ3n) is 4.99. The fourth-order valence-electron chi connectivity index (χ4n) is 3.26. The van der Waals surface area contributed by atoms with Crippen LogP contribution in [0.5, 0.6) is 0 Å². The van der Waals surface area contributed by atoms with Gasteiger partial charge in [-0.2, -0.15) is 0 Å². The molecule has 0 fully saturated rings. The standard InChI is InChI=1S/C23H47N/c1-4-6-8-10-12-13-14-15-17-19-21-23(3)24-22-20-18-16-11-9-7-5-2/h24H,3-22H2,1-2H3. The van der Waals surface area contributed by atoms with Crippen molar-refractivity contribution in [1.82, 2.24) is 5.32 Å². The molecule has 0 radical (unpaired) electrons. The average molecular weight is 338 g/mol. The van der Waals surface area contributed by atoms with Crippen LogP contribution in [0.3, 0.4) is 0 Å². The lowest BCUT2D eigenvalue weighted by atomic mass is 10.1. The van der Waals surface area contributed by atoms with Gasteiger partial charge in [-0.15, -0.1) is 0 Å². The summed E-state index contributed by atoms with van der Waals surface area (Å²) in [5, 5.41) is 3.52. The molecule has 1 heteroatoms. The number of unbranched alkanes of at least 4 members (excludes halogenated alkanes) is 15.